The van der Waals surface area contributed by atoms with E-state index < -0.39 is 17.8 Å². The highest BCUT2D eigenvalue weighted by atomic mass is 19.4. The van der Waals surface area contributed by atoms with Gasteiger partial charge in [-0.05, 0) is 29.8 Å². The summed E-state index contributed by atoms with van der Waals surface area (Å²) < 4.78 is 39.2. The number of hydrogen-bond donors (Lipinski definition) is 1. The first-order valence-corrected chi connectivity index (χ1v) is 10.2. The summed E-state index contributed by atoms with van der Waals surface area (Å²) >= 11 is 0. The van der Waals surface area contributed by atoms with Gasteiger partial charge >= 0.3 is 6.18 Å². The number of hydrogen-bond acceptors (Lipinski definition) is 5. The molecule has 2 heterocycles. The number of halogens is 3. The van der Waals surface area contributed by atoms with Crippen molar-refractivity contribution in [3.05, 3.63) is 84.2 Å². The van der Waals surface area contributed by atoms with E-state index >= 15 is 0 Å². The molecule has 4 rings (SSSR count). The summed E-state index contributed by atoms with van der Waals surface area (Å²) in [5, 5.41) is 2.67. The molecule has 1 fully saturated rings. The van der Waals surface area contributed by atoms with Gasteiger partial charge in [0, 0.05) is 44.3 Å². The van der Waals surface area contributed by atoms with Crippen LogP contribution in [0.5, 0.6) is 0 Å². The zero-order valence-corrected chi connectivity index (χ0v) is 17.2. The van der Waals surface area contributed by atoms with Gasteiger partial charge in [-0.1, -0.05) is 36.4 Å². The van der Waals surface area contributed by atoms with E-state index in [4.69, 9.17) is 0 Å². The number of carbonyl (C=O) groups is 1. The number of nitrogens with zero attached hydrogens (tertiary/aromatic N) is 4. The fourth-order valence-corrected chi connectivity index (χ4v) is 3.78. The van der Waals surface area contributed by atoms with Crippen LogP contribution < -0.4 is 10.2 Å². The van der Waals surface area contributed by atoms with Crippen LogP contribution in [0.3, 0.4) is 0 Å². The molecular formula is C23H22F3N5O. The molecule has 0 spiro atoms. The maximum absolute atomic E-state index is 13.3. The summed E-state index contributed by atoms with van der Waals surface area (Å²) in [6.07, 6.45) is -1.11. The molecule has 1 aliphatic rings. The lowest BCUT2D eigenvalue weighted by Crippen LogP contribution is -2.50. The fourth-order valence-electron chi connectivity index (χ4n) is 3.78. The fraction of sp³-hybridized carbons (Fsp3) is 0.261. The number of piperazine rings is 1. The second-order valence-corrected chi connectivity index (χ2v) is 7.45. The molecular weight excluding hydrogens is 419 g/mol. The average molecular weight is 441 g/mol. The highest BCUT2D eigenvalue weighted by molar-refractivity contribution is 5.95. The highest BCUT2D eigenvalue weighted by Crippen LogP contribution is 2.31. The van der Waals surface area contributed by atoms with Crippen molar-refractivity contribution in [2.24, 2.45) is 0 Å². The Morgan fingerprint density at radius 1 is 0.906 bits per heavy atom. The molecule has 32 heavy (non-hydrogen) atoms. The van der Waals surface area contributed by atoms with Crippen LogP contribution in [-0.2, 0) is 11.0 Å². The van der Waals surface area contributed by atoms with Crippen molar-refractivity contribution < 1.29 is 18.0 Å². The molecule has 0 saturated carbocycles. The van der Waals surface area contributed by atoms with Gasteiger partial charge < -0.3 is 10.2 Å². The summed E-state index contributed by atoms with van der Waals surface area (Å²) in [7, 11) is 0. The third kappa shape index (κ3) is 5.05. The monoisotopic (exact) mass is 441 g/mol. The van der Waals surface area contributed by atoms with Crippen LogP contribution in [0.4, 0.5) is 24.8 Å². The van der Waals surface area contributed by atoms with Crippen LogP contribution in [0.1, 0.15) is 17.2 Å². The Labute approximate surface area is 183 Å². The van der Waals surface area contributed by atoms with E-state index in [2.05, 4.69) is 15.3 Å². The Balaban J connectivity index is 1.52. The Hall–Kier alpha value is -3.46. The lowest BCUT2D eigenvalue weighted by Gasteiger charge is -2.38. The molecule has 0 bridgehead atoms. The SMILES string of the molecule is O=C(Nc1cccc(C(F)(F)F)c1)C(c1ccccc1)N1CCN(c2ncccn2)CC1. The normalized spacial score (nSPS) is 15.9. The number of nitrogens with one attached hydrogen (secondary N) is 1. The molecule has 1 aliphatic heterocycles. The maximum Gasteiger partial charge on any atom is 0.416 e. The van der Waals surface area contributed by atoms with Crippen molar-refractivity contribution >= 4 is 17.5 Å². The molecule has 9 heteroatoms. The molecule has 1 amide bonds. The van der Waals surface area contributed by atoms with Crippen LogP contribution >= 0.6 is 0 Å². The van der Waals surface area contributed by atoms with Gasteiger partial charge in [0.2, 0.25) is 11.9 Å². The standard InChI is InChI=1S/C23H22F3N5O/c24-23(25,26)18-8-4-9-19(16-18)29-21(32)20(17-6-2-1-3-7-17)30-12-14-31(15-13-30)22-27-10-5-11-28-22/h1-11,16,20H,12-15H2,(H,29,32). The van der Waals surface area contributed by atoms with Crippen molar-refractivity contribution in [1.82, 2.24) is 14.9 Å². The van der Waals surface area contributed by atoms with Crippen LogP contribution in [-0.4, -0.2) is 47.0 Å². The molecule has 1 aromatic heterocycles. The predicted molar refractivity (Wildman–Crippen MR) is 115 cm³/mol. The molecule has 0 radical (unpaired) electrons. The molecule has 1 saturated heterocycles. The van der Waals surface area contributed by atoms with E-state index in [9.17, 15) is 18.0 Å². The number of aromatic nitrogens is 2. The quantitative estimate of drug-likeness (QED) is 0.649. The van der Waals surface area contributed by atoms with E-state index in [-0.39, 0.29) is 11.6 Å². The Morgan fingerprint density at radius 3 is 2.25 bits per heavy atom. The van der Waals surface area contributed by atoms with Gasteiger partial charge in [-0.25, -0.2) is 9.97 Å². The zero-order chi connectivity index (χ0) is 22.6. The summed E-state index contributed by atoms with van der Waals surface area (Å²) in [5.41, 5.74) is 0.0894. The number of alkyl halides is 3. The zero-order valence-electron chi connectivity index (χ0n) is 17.2. The predicted octanol–water partition coefficient (Wildman–Crippen LogP) is 4.00. The maximum atomic E-state index is 13.3. The number of rotatable bonds is 5. The number of carbonyl (C=O) groups excluding carboxylic acids is 1. The van der Waals surface area contributed by atoms with E-state index in [1.807, 2.05) is 40.1 Å². The second kappa shape index (κ2) is 9.35. The van der Waals surface area contributed by atoms with Gasteiger partial charge in [0.15, 0.2) is 0 Å². The van der Waals surface area contributed by atoms with Gasteiger partial charge in [0.1, 0.15) is 6.04 Å². The second-order valence-electron chi connectivity index (χ2n) is 7.45. The smallest absolute Gasteiger partial charge is 0.338 e. The molecule has 1 atom stereocenters. The first kappa shape index (κ1) is 21.8. The molecule has 6 nitrogen and oxygen atoms in total. The van der Waals surface area contributed by atoms with Crippen molar-refractivity contribution in [3.63, 3.8) is 0 Å². The Kier molecular flexibility index (Phi) is 6.36. The molecule has 166 valence electrons. The molecule has 0 aliphatic carbocycles. The summed E-state index contributed by atoms with van der Waals surface area (Å²) in [6.45, 7) is 2.41. The first-order chi connectivity index (χ1) is 15.4. The minimum Gasteiger partial charge on any atom is -0.338 e. The Morgan fingerprint density at radius 2 is 1.59 bits per heavy atom. The van der Waals surface area contributed by atoms with Crippen LogP contribution in [0.2, 0.25) is 0 Å². The summed E-state index contributed by atoms with van der Waals surface area (Å²) in [5.74, 6) is 0.261. The van der Waals surface area contributed by atoms with E-state index in [0.29, 0.717) is 32.1 Å². The topological polar surface area (TPSA) is 61.4 Å². The lowest BCUT2D eigenvalue weighted by molar-refractivity contribution is -0.137. The van der Waals surface area contributed by atoms with E-state index in [1.165, 1.54) is 12.1 Å². The summed E-state index contributed by atoms with van der Waals surface area (Å²) in [4.78, 5) is 25.9. The van der Waals surface area contributed by atoms with E-state index in [0.717, 1.165) is 17.7 Å². The third-order valence-electron chi connectivity index (χ3n) is 5.34. The third-order valence-corrected chi connectivity index (χ3v) is 5.34. The molecule has 1 unspecified atom stereocenters. The highest BCUT2D eigenvalue weighted by Gasteiger charge is 2.33. The number of benzene rings is 2. The van der Waals surface area contributed by atoms with Gasteiger partial charge in [-0.3, -0.25) is 9.69 Å². The number of amides is 1. The van der Waals surface area contributed by atoms with Gasteiger partial charge in [-0.15, -0.1) is 0 Å². The van der Waals surface area contributed by atoms with Crippen LogP contribution in [0, 0.1) is 0 Å². The van der Waals surface area contributed by atoms with Crippen molar-refractivity contribution in [2.45, 2.75) is 12.2 Å². The summed E-state index contributed by atoms with van der Waals surface area (Å²) in [6, 6.07) is 15.0. The van der Waals surface area contributed by atoms with Crippen LogP contribution in [0.15, 0.2) is 73.1 Å². The average Bonchev–Trinajstić information content (AvgIpc) is 2.81. The Bertz CT molecular complexity index is 1040. The van der Waals surface area contributed by atoms with Gasteiger partial charge in [0.25, 0.3) is 0 Å². The minimum atomic E-state index is -4.48. The molecule has 3 aromatic rings. The van der Waals surface area contributed by atoms with Crippen LogP contribution in [0.25, 0.3) is 0 Å². The van der Waals surface area contributed by atoms with Gasteiger partial charge in [0.05, 0.1) is 5.56 Å². The van der Waals surface area contributed by atoms with E-state index in [1.54, 1.807) is 18.5 Å². The van der Waals surface area contributed by atoms with Crippen molar-refractivity contribution in [3.8, 4) is 0 Å². The lowest BCUT2D eigenvalue weighted by atomic mass is 10.0. The number of anilines is 2. The van der Waals surface area contributed by atoms with Gasteiger partial charge in [-0.2, -0.15) is 13.2 Å². The first-order valence-electron chi connectivity index (χ1n) is 10.2. The molecule has 1 N–H and O–H groups in total. The van der Waals surface area contributed by atoms with Crippen molar-refractivity contribution in [1.29, 1.82) is 0 Å². The largest absolute Gasteiger partial charge is 0.416 e. The van der Waals surface area contributed by atoms with Crippen molar-refractivity contribution in [2.75, 3.05) is 36.4 Å². The minimum absolute atomic E-state index is 0.113. The molecule has 2 aromatic carbocycles.